The number of nitrogens with zero attached hydrogens (tertiary/aromatic N) is 1. The smallest absolute Gasteiger partial charge is 0.238 e. The molecule has 2 unspecified atom stereocenters. The Morgan fingerprint density at radius 1 is 0.926 bits per heavy atom. The zero-order valence-electron chi connectivity index (χ0n) is 18.0. The molecular weight excluding hydrogens is 344 g/mol. The summed E-state index contributed by atoms with van der Waals surface area (Å²) in [4.78, 5) is 27.7. The van der Waals surface area contributed by atoms with Gasteiger partial charge in [-0.3, -0.25) is 9.59 Å². The molecule has 0 aliphatic heterocycles. The van der Waals surface area contributed by atoms with Crippen LogP contribution >= 0.6 is 0 Å². The second-order valence-corrected chi connectivity index (χ2v) is 8.34. The molecule has 1 aliphatic rings. The van der Waals surface area contributed by atoms with Gasteiger partial charge in [-0.05, 0) is 52.4 Å². The zero-order valence-corrected chi connectivity index (χ0v) is 18.0. The van der Waals surface area contributed by atoms with Crippen LogP contribution in [0.25, 0.3) is 0 Å². The second kappa shape index (κ2) is 8.91. The molecule has 0 saturated heterocycles. The zero-order chi connectivity index (χ0) is 21.0. The Morgan fingerprint density at radius 2 is 1.26 bits per heavy atom. The van der Waals surface area contributed by atoms with Crippen LogP contribution in [-0.2, 0) is 9.59 Å². The Balaban J connectivity index is 3.50. The van der Waals surface area contributed by atoms with Gasteiger partial charge in [0.1, 0.15) is 5.41 Å². The number of carbonyl (C=O) groups is 2. The van der Waals surface area contributed by atoms with Crippen molar-refractivity contribution in [2.75, 3.05) is 0 Å². The first-order valence-corrected chi connectivity index (χ1v) is 10.6. The Kier molecular flexibility index (Phi) is 7.88. The molecular formula is C21H40N2O4. The minimum absolute atomic E-state index is 0.340. The van der Waals surface area contributed by atoms with E-state index >= 15 is 0 Å². The van der Waals surface area contributed by atoms with Crippen molar-refractivity contribution in [3.8, 4) is 0 Å². The van der Waals surface area contributed by atoms with Gasteiger partial charge in [0.25, 0.3) is 0 Å². The van der Waals surface area contributed by atoms with E-state index in [9.17, 15) is 19.8 Å². The molecule has 0 aromatic heterocycles. The molecule has 1 rings (SSSR count). The number of amides is 2. The van der Waals surface area contributed by atoms with Crippen LogP contribution in [0.1, 0.15) is 92.9 Å². The first-order valence-electron chi connectivity index (χ1n) is 10.6. The molecule has 0 bridgehead atoms. The maximum atomic E-state index is 13.8. The van der Waals surface area contributed by atoms with Gasteiger partial charge in [0.05, 0.1) is 23.3 Å². The van der Waals surface area contributed by atoms with Crippen molar-refractivity contribution in [1.82, 2.24) is 4.90 Å². The fourth-order valence-corrected chi connectivity index (χ4v) is 4.68. The molecule has 0 radical (unpaired) electrons. The van der Waals surface area contributed by atoms with Crippen molar-refractivity contribution in [3.63, 3.8) is 0 Å². The average Bonchev–Trinajstić information content (AvgIpc) is 3.17. The summed E-state index contributed by atoms with van der Waals surface area (Å²) in [5.41, 5.74) is 2.29. The fraction of sp³-hybridized carbons (Fsp3) is 0.905. The van der Waals surface area contributed by atoms with Gasteiger partial charge < -0.3 is 20.8 Å². The van der Waals surface area contributed by atoms with Gasteiger partial charge in [0.2, 0.25) is 11.8 Å². The molecule has 2 atom stereocenters. The third kappa shape index (κ3) is 4.16. The lowest BCUT2D eigenvalue weighted by atomic mass is 9.78. The largest absolute Gasteiger partial charge is 0.388 e. The highest BCUT2D eigenvalue weighted by Gasteiger charge is 2.54. The van der Waals surface area contributed by atoms with Crippen molar-refractivity contribution < 1.29 is 19.8 Å². The Morgan fingerprint density at radius 3 is 1.52 bits per heavy atom. The van der Waals surface area contributed by atoms with E-state index in [0.29, 0.717) is 38.5 Å². The molecule has 158 valence electrons. The summed E-state index contributed by atoms with van der Waals surface area (Å²) >= 11 is 0. The van der Waals surface area contributed by atoms with Crippen molar-refractivity contribution >= 4 is 11.8 Å². The van der Waals surface area contributed by atoms with Crippen LogP contribution in [0.4, 0.5) is 0 Å². The average molecular weight is 385 g/mol. The van der Waals surface area contributed by atoms with Gasteiger partial charge in [-0.2, -0.15) is 0 Å². The van der Waals surface area contributed by atoms with Crippen LogP contribution in [0.2, 0.25) is 0 Å². The number of aliphatic hydroxyl groups is 2. The van der Waals surface area contributed by atoms with Crippen molar-refractivity contribution in [2.45, 2.75) is 116 Å². The molecule has 1 aliphatic carbocycles. The van der Waals surface area contributed by atoms with Gasteiger partial charge >= 0.3 is 0 Å². The van der Waals surface area contributed by atoms with Crippen molar-refractivity contribution in [1.29, 1.82) is 0 Å². The Labute approximate surface area is 164 Å². The third-order valence-corrected chi connectivity index (χ3v) is 7.41. The van der Waals surface area contributed by atoms with Gasteiger partial charge in [-0.15, -0.1) is 0 Å². The number of carbonyl (C=O) groups excluding carboxylic acids is 2. The van der Waals surface area contributed by atoms with E-state index in [0.717, 1.165) is 12.8 Å². The van der Waals surface area contributed by atoms with Crippen LogP contribution in [0.5, 0.6) is 0 Å². The van der Waals surface area contributed by atoms with Crippen molar-refractivity contribution in [3.05, 3.63) is 0 Å². The summed E-state index contributed by atoms with van der Waals surface area (Å²) < 4.78 is 0. The van der Waals surface area contributed by atoms with E-state index in [1.165, 1.54) is 0 Å². The molecule has 27 heavy (non-hydrogen) atoms. The van der Waals surface area contributed by atoms with Gasteiger partial charge in [-0.1, -0.05) is 40.5 Å². The quantitative estimate of drug-likeness (QED) is 0.504. The highest BCUT2D eigenvalue weighted by atomic mass is 16.3. The van der Waals surface area contributed by atoms with E-state index < -0.39 is 34.6 Å². The van der Waals surface area contributed by atoms with E-state index in [-0.39, 0.29) is 5.91 Å². The third-order valence-electron chi connectivity index (χ3n) is 7.41. The normalized spacial score (nSPS) is 19.6. The Bertz CT molecular complexity index is 496. The molecule has 2 amide bonds. The molecule has 4 N–H and O–H groups in total. The second-order valence-electron chi connectivity index (χ2n) is 8.34. The molecule has 1 fully saturated rings. The van der Waals surface area contributed by atoms with Crippen LogP contribution in [0, 0.1) is 5.41 Å². The predicted octanol–water partition coefficient (Wildman–Crippen LogP) is 2.74. The molecule has 0 aromatic rings. The lowest BCUT2D eigenvalue weighted by Crippen LogP contribution is -2.65. The van der Waals surface area contributed by atoms with Crippen LogP contribution in [0.3, 0.4) is 0 Å². The number of primary amides is 1. The summed E-state index contributed by atoms with van der Waals surface area (Å²) in [5.74, 6) is -0.935. The molecule has 6 heteroatoms. The van der Waals surface area contributed by atoms with Crippen LogP contribution in [-0.4, -0.2) is 50.2 Å². The maximum Gasteiger partial charge on any atom is 0.238 e. The van der Waals surface area contributed by atoms with Crippen molar-refractivity contribution in [2.24, 2.45) is 11.1 Å². The topological polar surface area (TPSA) is 104 Å². The first-order chi connectivity index (χ1) is 12.5. The highest BCUT2D eigenvalue weighted by molar-refractivity contribution is 6.05. The molecule has 6 nitrogen and oxygen atoms in total. The number of hydrogen-bond donors (Lipinski definition) is 3. The summed E-state index contributed by atoms with van der Waals surface area (Å²) in [6.45, 7) is 11.2. The summed E-state index contributed by atoms with van der Waals surface area (Å²) in [7, 11) is 0. The number of rotatable bonds is 10. The van der Waals surface area contributed by atoms with E-state index in [1.807, 2.05) is 41.5 Å². The molecule has 0 spiro atoms. The minimum Gasteiger partial charge on any atom is -0.388 e. The number of nitrogens with two attached hydrogens (primary N) is 1. The van der Waals surface area contributed by atoms with Gasteiger partial charge in [-0.25, -0.2) is 0 Å². The molecule has 0 aromatic carbocycles. The van der Waals surface area contributed by atoms with Crippen LogP contribution < -0.4 is 5.73 Å². The van der Waals surface area contributed by atoms with E-state index in [1.54, 1.807) is 4.90 Å². The lowest BCUT2D eigenvalue weighted by molar-refractivity contribution is -0.168. The predicted molar refractivity (Wildman–Crippen MR) is 107 cm³/mol. The van der Waals surface area contributed by atoms with Gasteiger partial charge in [0, 0.05) is 0 Å². The Hall–Kier alpha value is -1.14. The summed E-state index contributed by atoms with van der Waals surface area (Å²) in [6.07, 6.45) is 4.33. The molecule has 0 heterocycles. The monoisotopic (exact) mass is 384 g/mol. The highest BCUT2D eigenvalue weighted by Crippen LogP contribution is 2.43. The van der Waals surface area contributed by atoms with Gasteiger partial charge in [0.15, 0.2) is 0 Å². The maximum absolute atomic E-state index is 13.8. The first kappa shape index (κ1) is 23.9. The standard InChI is InChI=1S/C21H40N2O4/c1-7-20(26,8-2)15(5)23(16(6)21(27,9-3)10-4)18(25)19(17(22)24)13-11-12-14-19/h15-16,26-27H,7-14H2,1-6H3,(H2,22,24). The van der Waals surface area contributed by atoms with E-state index in [4.69, 9.17) is 5.73 Å². The SMILES string of the molecule is CCC(O)(CC)C(C)N(C(=O)C1(C(N)=O)CCCC1)C(C)C(O)(CC)CC. The number of hydrogen-bond acceptors (Lipinski definition) is 4. The van der Waals surface area contributed by atoms with E-state index in [2.05, 4.69) is 0 Å². The summed E-state index contributed by atoms with van der Waals surface area (Å²) in [6, 6.07) is -1.09. The minimum atomic E-state index is -1.23. The summed E-state index contributed by atoms with van der Waals surface area (Å²) in [5, 5.41) is 22.3. The molecule has 1 saturated carbocycles. The fourth-order valence-electron chi connectivity index (χ4n) is 4.68. The van der Waals surface area contributed by atoms with Crippen LogP contribution in [0.15, 0.2) is 0 Å². The lowest BCUT2D eigenvalue weighted by Gasteiger charge is -2.50.